The van der Waals surface area contributed by atoms with Gasteiger partial charge in [-0.2, -0.15) is 0 Å². The van der Waals surface area contributed by atoms with E-state index >= 15 is 0 Å². The summed E-state index contributed by atoms with van der Waals surface area (Å²) < 4.78 is 6.24. The molecule has 2 rings (SSSR count). The second-order valence-electron chi connectivity index (χ2n) is 4.98. The van der Waals surface area contributed by atoms with Crippen molar-refractivity contribution in [2.45, 2.75) is 19.3 Å². The summed E-state index contributed by atoms with van der Waals surface area (Å²) in [5, 5.41) is 9.42. The van der Waals surface area contributed by atoms with Crippen LogP contribution in [0.5, 0.6) is 0 Å². The summed E-state index contributed by atoms with van der Waals surface area (Å²) in [7, 11) is 0. The number of benzene rings is 1. The fraction of sp³-hybridized carbons (Fsp3) is 0.462. The molecule has 92 valence electrons. The summed E-state index contributed by atoms with van der Waals surface area (Å²) in [4.78, 5) is 11.5. The number of halogens is 1. The van der Waals surface area contributed by atoms with Gasteiger partial charge in [-0.15, -0.1) is 0 Å². The topological polar surface area (TPSA) is 46.5 Å². The standard InChI is InChI=1S/C13H15BrO3/c1-12(2,11(15)16)13(7-17-8-13)9-5-3-4-6-10(9)14/h3-6H,7-8H2,1-2H3,(H,15,16). The maximum absolute atomic E-state index is 11.5. The molecule has 0 radical (unpaired) electrons. The molecule has 1 fully saturated rings. The normalized spacial score (nSPS) is 18.5. The van der Waals surface area contributed by atoms with Crippen molar-refractivity contribution in [3.05, 3.63) is 34.3 Å². The minimum atomic E-state index is -0.852. The zero-order valence-electron chi connectivity index (χ0n) is 9.87. The van der Waals surface area contributed by atoms with E-state index in [2.05, 4.69) is 15.9 Å². The highest BCUT2D eigenvalue weighted by atomic mass is 79.9. The molecular formula is C13H15BrO3. The molecule has 1 aromatic rings. The van der Waals surface area contributed by atoms with Crippen molar-refractivity contribution in [3.63, 3.8) is 0 Å². The van der Waals surface area contributed by atoms with E-state index in [0.29, 0.717) is 13.2 Å². The van der Waals surface area contributed by atoms with E-state index in [4.69, 9.17) is 4.74 Å². The van der Waals surface area contributed by atoms with Crippen LogP contribution in [0.25, 0.3) is 0 Å². The number of hydrogen-bond donors (Lipinski definition) is 1. The highest BCUT2D eigenvalue weighted by Crippen LogP contribution is 2.49. The van der Waals surface area contributed by atoms with Crippen molar-refractivity contribution in [1.82, 2.24) is 0 Å². The molecule has 0 amide bonds. The zero-order valence-corrected chi connectivity index (χ0v) is 11.5. The fourth-order valence-corrected chi connectivity index (χ4v) is 2.88. The Morgan fingerprint density at radius 2 is 2.00 bits per heavy atom. The van der Waals surface area contributed by atoms with Gasteiger partial charge in [0.2, 0.25) is 0 Å². The number of carbonyl (C=O) groups is 1. The third kappa shape index (κ3) is 1.70. The SMILES string of the molecule is CC(C)(C(=O)O)C1(c2ccccc2Br)COC1. The molecular weight excluding hydrogens is 284 g/mol. The van der Waals surface area contributed by atoms with Crippen LogP contribution < -0.4 is 0 Å². The van der Waals surface area contributed by atoms with Gasteiger partial charge in [0.05, 0.1) is 24.0 Å². The molecule has 1 saturated heterocycles. The van der Waals surface area contributed by atoms with Gasteiger partial charge in [0.1, 0.15) is 0 Å². The van der Waals surface area contributed by atoms with Crippen molar-refractivity contribution < 1.29 is 14.6 Å². The van der Waals surface area contributed by atoms with Crippen LogP contribution in [0.4, 0.5) is 0 Å². The third-order valence-electron chi connectivity index (χ3n) is 3.82. The van der Waals surface area contributed by atoms with Gasteiger partial charge in [0.15, 0.2) is 0 Å². The van der Waals surface area contributed by atoms with Gasteiger partial charge in [-0.05, 0) is 25.5 Å². The molecule has 0 aliphatic carbocycles. The molecule has 0 spiro atoms. The Morgan fingerprint density at radius 1 is 1.41 bits per heavy atom. The zero-order chi connectivity index (χ0) is 12.7. The van der Waals surface area contributed by atoms with Crippen LogP contribution in [-0.2, 0) is 14.9 Å². The monoisotopic (exact) mass is 298 g/mol. The quantitative estimate of drug-likeness (QED) is 0.933. The van der Waals surface area contributed by atoms with Crippen molar-refractivity contribution >= 4 is 21.9 Å². The Labute approximate surface area is 109 Å². The number of aliphatic carboxylic acids is 1. The summed E-state index contributed by atoms with van der Waals surface area (Å²) in [6, 6.07) is 7.76. The van der Waals surface area contributed by atoms with Crippen molar-refractivity contribution in [1.29, 1.82) is 0 Å². The van der Waals surface area contributed by atoms with E-state index in [1.807, 2.05) is 24.3 Å². The van der Waals surface area contributed by atoms with E-state index in [0.717, 1.165) is 10.0 Å². The van der Waals surface area contributed by atoms with Crippen molar-refractivity contribution in [3.8, 4) is 0 Å². The smallest absolute Gasteiger partial charge is 0.310 e. The van der Waals surface area contributed by atoms with Gasteiger partial charge < -0.3 is 9.84 Å². The highest BCUT2D eigenvalue weighted by Gasteiger charge is 2.56. The lowest BCUT2D eigenvalue weighted by molar-refractivity contribution is -0.171. The fourth-order valence-electron chi connectivity index (χ4n) is 2.21. The average Bonchev–Trinajstić information content (AvgIpc) is 2.18. The van der Waals surface area contributed by atoms with Crippen LogP contribution >= 0.6 is 15.9 Å². The van der Waals surface area contributed by atoms with Crippen molar-refractivity contribution in [2.24, 2.45) is 5.41 Å². The van der Waals surface area contributed by atoms with Crippen LogP contribution in [0, 0.1) is 5.41 Å². The molecule has 0 bridgehead atoms. The summed E-state index contributed by atoms with van der Waals surface area (Å²) >= 11 is 3.50. The lowest BCUT2D eigenvalue weighted by Crippen LogP contribution is -2.59. The van der Waals surface area contributed by atoms with Gasteiger partial charge in [-0.3, -0.25) is 4.79 Å². The summed E-state index contributed by atoms with van der Waals surface area (Å²) in [5.41, 5.74) is -0.285. The second kappa shape index (κ2) is 4.10. The Kier molecular flexibility index (Phi) is 3.04. The maximum Gasteiger partial charge on any atom is 0.310 e. The molecule has 4 heteroatoms. The highest BCUT2D eigenvalue weighted by molar-refractivity contribution is 9.10. The predicted molar refractivity (Wildman–Crippen MR) is 68.1 cm³/mol. The Hall–Kier alpha value is -0.870. The Bertz CT molecular complexity index is 450. The summed E-state index contributed by atoms with van der Waals surface area (Å²) in [6.45, 7) is 4.43. The first kappa shape index (κ1) is 12.6. The number of carboxylic acids is 1. The van der Waals surface area contributed by atoms with Gasteiger partial charge in [0, 0.05) is 4.47 Å². The van der Waals surface area contributed by atoms with Crippen LogP contribution in [-0.4, -0.2) is 24.3 Å². The number of rotatable bonds is 3. The molecule has 0 unspecified atom stereocenters. The van der Waals surface area contributed by atoms with Gasteiger partial charge in [-0.25, -0.2) is 0 Å². The lowest BCUT2D eigenvalue weighted by atomic mass is 9.60. The first-order valence-corrected chi connectivity index (χ1v) is 6.27. The average molecular weight is 299 g/mol. The largest absolute Gasteiger partial charge is 0.481 e. The first-order chi connectivity index (χ1) is 7.92. The number of hydrogen-bond acceptors (Lipinski definition) is 2. The second-order valence-corrected chi connectivity index (χ2v) is 5.84. The summed E-state index contributed by atoms with van der Waals surface area (Å²) in [6.07, 6.45) is 0. The van der Waals surface area contributed by atoms with Gasteiger partial charge in [-0.1, -0.05) is 34.1 Å². The minimum Gasteiger partial charge on any atom is -0.481 e. The third-order valence-corrected chi connectivity index (χ3v) is 4.51. The molecule has 1 aromatic carbocycles. The molecule has 0 aromatic heterocycles. The van der Waals surface area contributed by atoms with E-state index in [-0.39, 0.29) is 0 Å². The predicted octanol–water partition coefficient (Wildman–Crippen LogP) is 2.83. The van der Waals surface area contributed by atoms with Gasteiger partial charge >= 0.3 is 5.97 Å². The van der Waals surface area contributed by atoms with Crippen LogP contribution in [0.15, 0.2) is 28.7 Å². The van der Waals surface area contributed by atoms with Crippen LogP contribution in [0.3, 0.4) is 0 Å². The lowest BCUT2D eigenvalue weighted by Gasteiger charge is -2.50. The maximum atomic E-state index is 11.5. The molecule has 0 atom stereocenters. The van der Waals surface area contributed by atoms with Crippen LogP contribution in [0.2, 0.25) is 0 Å². The molecule has 1 N–H and O–H groups in total. The first-order valence-electron chi connectivity index (χ1n) is 5.48. The minimum absolute atomic E-state index is 0.446. The molecule has 3 nitrogen and oxygen atoms in total. The number of carboxylic acid groups (broad SMARTS) is 1. The molecule has 1 aliphatic heterocycles. The van der Waals surface area contributed by atoms with Crippen LogP contribution in [0.1, 0.15) is 19.4 Å². The van der Waals surface area contributed by atoms with Crippen molar-refractivity contribution in [2.75, 3.05) is 13.2 Å². The Morgan fingerprint density at radius 3 is 2.41 bits per heavy atom. The summed E-state index contributed by atoms with van der Waals surface area (Å²) in [5.74, 6) is -0.795. The van der Waals surface area contributed by atoms with E-state index in [9.17, 15) is 9.90 Å². The molecule has 17 heavy (non-hydrogen) atoms. The van der Waals surface area contributed by atoms with E-state index in [1.165, 1.54) is 0 Å². The van der Waals surface area contributed by atoms with E-state index in [1.54, 1.807) is 13.8 Å². The van der Waals surface area contributed by atoms with Gasteiger partial charge in [0.25, 0.3) is 0 Å². The molecule has 1 heterocycles. The molecule has 1 aliphatic rings. The Balaban J connectivity index is 2.53. The van der Waals surface area contributed by atoms with E-state index < -0.39 is 16.8 Å². The molecule has 0 saturated carbocycles. The number of ether oxygens (including phenoxy) is 1.